The van der Waals surface area contributed by atoms with Gasteiger partial charge in [-0.1, -0.05) is 45.9 Å². The van der Waals surface area contributed by atoms with Crippen molar-refractivity contribution in [2.24, 2.45) is 12.1 Å². The predicted molar refractivity (Wildman–Crippen MR) is 105 cm³/mol. The molecule has 26 heavy (non-hydrogen) atoms. The molecular weight excluding hydrogens is 416 g/mol. The fourth-order valence-electron chi connectivity index (χ4n) is 2.08. The third-order valence-corrected chi connectivity index (χ3v) is 4.91. The molecule has 0 spiro atoms. The van der Waals surface area contributed by atoms with E-state index < -0.39 is 0 Å². The standard InChI is InChI=1S/C17H15BrN6OS/c1-24-16(13-4-6-14(18)7-5-13)22-23-17(24)26-11-15(25)21-20-10-12-3-2-8-19-9-12/h2-10H,11H2,1H3,(H,21,25)/b20-10-. The first kappa shape index (κ1) is 18.3. The third kappa shape index (κ3) is 4.77. The molecule has 0 atom stereocenters. The van der Waals surface area contributed by atoms with Crippen molar-refractivity contribution in [2.45, 2.75) is 5.16 Å². The molecule has 0 aliphatic heterocycles. The molecule has 0 aliphatic carbocycles. The number of nitrogens with one attached hydrogen (secondary N) is 1. The van der Waals surface area contributed by atoms with E-state index in [2.05, 4.69) is 41.6 Å². The number of halogens is 1. The Labute approximate surface area is 163 Å². The van der Waals surface area contributed by atoms with Gasteiger partial charge in [0.25, 0.3) is 5.91 Å². The molecule has 0 radical (unpaired) electrons. The number of benzene rings is 1. The van der Waals surface area contributed by atoms with Crippen LogP contribution in [0, 0.1) is 0 Å². The number of amides is 1. The van der Waals surface area contributed by atoms with Gasteiger partial charge in [0.05, 0.1) is 12.0 Å². The average molecular weight is 431 g/mol. The van der Waals surface area contributed by atoms with Crippen LogP contribution in [0.1, 0.15) is 5.56 Å². The lowest BCUT2D eigenvalue weighted by atomic mass is 10.2. The van der Waals surface area contributed by atoms with Gasteiger partial charge in [-0.2, -0.15) is 5.10 Å². The summed E-state index contributed by atoms with van der Waals surface area (Å²) in [6.07, 6.45) is 4.88. The minimum Gasteiger partial charge on any atom is -0.305 e. The number of hydrogen-bond donors (Lipinski definition) is 1. The zero-order chi connectivity index (χ0) is 18.4. The minimum absolute atomic E-state index is 0.191. The topological polar surface area (TPSA) is 85.1 Å². The SMILES string of the molecule is Cn1c(SCC(=O)N/N=C\c2cccnc2)nnc1-c1ccc(Br)cc1. The molecule has 1 aromatic carbocycles. The van der Waals surface area contributed by atoms with Crippen LogP contribution < -0.4 is 5.43 Å². The Hall–Kier alpha value is -2.52. The van der Waals surface area contributed by atoms with Crippen LogP contribution in [0.4, 0.5) is 0 Å². The predicted octanol–water partition coefficient (Wildman–Crippen LogP) is 2.88. The van der Waals surface area contributed by atoms with Gasteiger partial charge < -0.3 is 4.57 Å². The van der Waals surface area contributed by atoms with Gasteiger partial charge in [0.1, 0.15) is 0 Å². The number of carbonyl (C=O) groups excluding carboxylic acids is 1. The second-order valence-electron chi connectivity index (χ2n) is 5.24. The number of rotatable bonds is 6. The van der Waals surface area contributed by atoms with Crippen LogP contribution in [0.2, 0.25) is 0 Å². The highest BCUT2D eigenvalue weighted by molar-refractivity contribution is 9.10. The first-order chi connectivity index (χ1) is 12.6. The van der Waals surface area contributed by atoms with Gasteiger partial charge in [-0.25, -0.2) is 5.43 Å². The van der Waals surface area contributed by atoms with E-state index in [0.29, 0.717) is 5.16 Å². The monoisotopic (exact) mass is 430 g/mol. The Morgan fingerprint density at radius 1 is 1.31 bits per heavy atom. The largest absolute Gasteiger partial charge is 0.305 e. The number of pyridine rings is 1. The molecule has 9 heteroatoms. The molecule has 0 unspecified atom stereocenters. The van der Waals surface area contributed by atoms with Crippen molar-refractivity contribution in [2.75, 3.05) is 5.75 Å². The van der Waals surface area contributed by atoms with Crippen LogP contribution in [0.5, 0.6) is 0 Å². The molecule has 0 fully saturated rings. The second-order valence-corrected chi connectivity index (χ2v) is 7.10. The van der Waals surface area contributed by atoms with Crippen LogP contribution >= 0.6 is 27.7 Å². The van der Waals surface area contributed by atoms with Crippen LogP contribution in [0.15, 0.2) is 63.5 Å². The molecule has 1 N–H and O–H groups in total. The van der Waals surface area contributed by atoms with Crippen LogP contribution in [0.3, 0.4) is 0 Å². The normalized spacial score (nSPS) is 11.0. The second kappa shape index (κ2) is 8.72. The highest BCUT2D eigenvalue weighted by Crippen LogP contribution is 2.23. The van der Waals surface area contributed by atoms with Crippen LogP contribution in [0.25, 0.3) is 11.4 Å². The van der Waals surface area contributed by atoms with Crippen molar-refractivity contribution in [1.29, 1.82) is 0 Å². The molecule has 132 valence electrons. The molecule has 0 bridgehead atoms. The van der Waals surface area contributed by atoms with Gasteiger partial charge in [-0.15, -0.1) is 10.2 Å². The van der Waals surface area contributed by atoms with Crippen molar-refractivity contribution < 1.29 is 4.79 Å². The van der Waals surface area contributed by atoms with E-state index in [4.69, 9.17) is 0 Å². The molecule has 3 aromatic rings. The maximum Gasteiger partial charge on any atom is 0.250 e. The summed E-state index contributed by atoms with van der Waals surface area (Å²) in [4.78, 5) is 15.9. The van der Waals surface area contributed by atoms with Gasteiger partial charge in [-0.3, -0.25) is 9.78 Å². The van der Waals surface area contributed by atoms with E-state index in [0.717, 1.165) is 21.4 Å². The lowest BCUT2D eigenvalue weighted by Crippen LogP contribution is -2.19. The Kier molecular flexibility index (Phi) is 6.13. The van der Waals surface area contributed by atoms with Gasteiger partial charge in [-0.05, 0) is 18.2 Å². The highest BCUT2D eigenvalue weighted by atomic mass is 79.9. The summed E-state index contributed by atoms with van der Waals surface area (Å²) in [6, 6.07) is 11.5. The number of hydrazone groups is 1. The van der Waals surface area contributed by atoms with Gasteiger partial charge in [0.15, 0.2) is 11.0 Å². The Morgan fingerprint density at radius 2 is 2.12 bits per heavy atom. The first-order valence-corrected chi connectivity index (χ1v) is 9.41. The number of aromatic nitrogens is 4. The fourth-order valence-corrected chi connectivity index (χ4v) is 3.05. The first-order valence-electron chi connectivity index (χ1n) is 7.63. The molecule has 0 saturated carbocycles. The molecule has 0 saturated heterocycles. The van der Waals surface area contributed by atoms with E-state index in [1.54, 1.807) is 24.7 Å². The summed E-state index contributed by atoms with van der Waals surface area (Å²) in [5.74, 6) is 0.717. The van der Waals surface area contributed by atoms with E-state index >= 15 is 0 Å². The minimum atomic E-state index is -0.219. The van der Waals surface area contributed by atoms with Crippen LogP contribution in [-0.2, 0) is 11.8 Å². The molecule has 1 amide bonds. The smallest absolute Gasteiger partial charge is 0.250 e. The van der Waals surface area contributed by atoms with Gasteiger partial charge in [0.2, 0.25) is 0 Å². The molecule has 7 nitrogen and oxygen atoms in total. The maximum atomic E-state index is 11.9. The van der Waals surface area contributed by atoms with Crippen molar-refractivity contribution in [3.8, 4) is 11.4 Å². The molecular formula is C17H15BrN6OS. The summed E-state index contributed by atoms with van der Waals surface area (Å²) in [6.45, 7) is 0. The summed E-state index contributed by atoms with van der Waals surface area (Å²) < 4.78 is 2.86. The highest BCUT2D eigenvalue weighted by Gasteiger charge is 2.12. The van der Waals surface area contributed by atoms with E-state index in [-0.39, 0.29) is 11.7 Å². The zero-order valence-corrected chi connectivity index (χ0v) is 16.2. The third-order valence-electron chi connectivity index (χ3n) is 3.36. The Balaban J connectivity index is 1.55. The number of thioether (sulfide) groups is 1. The lowest BCUT2D eigenvalue weighted by Gasteiger charge is -2.04. The van der Waals surface area contributed by atoms with Gasteiger partial charge in [0, 0.05) is 35.0 Å². The average Bonchev–Trinajstić information content (AvgIpc) is 3.02. The molecule has 2 heterocycles. The fraction of sp³-hybridized carbons (Fsp3) is 0.118. The Morgan fingerprint density at radius 3 is 2.85 bits per heavy atom. The summed E-state index contributed by atoms with van der Waals surface area (Å²) in [5, 5.41) is 12.9. The van der Waals surface area contributed by atoms with E-state index in [1.807, 2.05) is 41.9 Å². The summed E-state index contributed by atoms with van der Waals surface area (Å²) >= 11 is 4.71. The van der Waals surface area contributed by atoms with Crippen molar-refractivity contribution >= 4 is 39.8 Å². The Bertz CT molecular complexity index is 911. The number of carbonyl (C=O) groups is 1. The lowest BCUT2D eigenvalue weighted by molar-refractivity contribution is -0.118. The maximum absolute atomic E-state index is 11.9. The zero-order valence-electron chi connectivity index (χ0n) is 13.8. The van der Waals surface area contributed by atoms with E-state index in [9.17, 15) is 4.79 Å². The quantitative estimate of drug-likeness (QED) is 0.369. The van der Waals surface area contributed by atoms with Crippen LogP contribution in [-0.4, -0.2) is 37.6 Å². The van der Waals surface area contributed by atoms with E-state index in [1.165, 1.54) is 11.8 Å². The molecule has 3 rings (SSSR count). The molecule has 2 aromatic heterocycles. The van der Waals surface area contributed by atoms with Gasteiger partial charge >= 0.3 is 0 Å². The summed E-state index contributed by atoms with van der Waals surface area (Å²) in [5.41, 5.74) is 4.26. The van der Waals surface area contributed by atoms with Crippen molar-refractivity contribution in [3.63, 3.8) is 0 Å². The van der Waals surface area contributed by atoms with Crippen molar-refractivity contribution in [3.05, 3.63) is 58.8 Å². The number of nitrogens with zero attached hydrogens (tertiary/aromatic N) is 5. The summed E-state index contributed by atoms with van der Waals surface area (Å²) in [7, 11) is 1.87. The van der Waals surface area contributed by atoms with Crippen molar-refractivity contribution in [1.82, 2.24) is 25.2 Å². The molecule has 0 aliphatic rings. The number of hydrogen-bond acceptors (Lipinski definition) is 6.